The average Bonchev–Trinajstić information content (AvgIpc) is 3.42. The quantitative estimate of drug-likeness (QED) is 0.0195. The Hall–Kier alpha value is -1.86. The van der Waals surface area contributed by atoms with Crippen LogP contribution in [0.25, 0.3) is 0 Å². The molecule has 1 amide bonds. The largest absolute Gasteiger partial charge is 0.454 e. The zero-order valence-corrected chi connectivity index (χ0v) is 49.6. The van der Waals surface area contributed by atoms with Gasteiger partial charge in [0.05, 0.1) is 25.4 Å². The second-order valence-electron chi connectivity index (χ2n) is 22.9. The van der Waals surface area contributed by atoms with Gasteiger partial charge in [0.1, 0.15) is 24.4 Å². The van der Waals surface area contributed by atoms with Gasteiger partial charge in [-0.2, -0.15) is 0 Å². The molecule has 6 N–H and O–H groups in total. The van der Waals surface area contributed by atoms with Gasteiger partial charge in [-0.25, -0.2) is 0 Å². The number of carbonyl (C=O) groups is 2. The molecule has 1 rings (SSSR count). The van der Waals surface area contributed by atoms with Crippen LogP contribution in [0.4, 0.5) is 0 Å². The third-order valence-corrected chi connectivity index (χ3v) is 15.6. The summed E-state index contributed by atoms with van der Waals surface area (Å²) in [5, 5.41) is 56.9. The second kappa shape index (κ2) is 53.8. The Morgan fingerprint density at radius 2 is 0.882 bits per heavy atom. The van der Waals surface area contributed by atoms with Gasteiger partial charge in [-0.3, -0.25) is 9.59 Å². The number of hydrogen-bond acceptors (Lipinski definition) is 10. The predicted molar refractivity (Wildman–Crippen MR) is 315 cm³/mol. The Bertz CT molecular complexity index is 1330. The van der Waals surface area contributed by atoms with Crippen molar-refractivity contribution in [1.82, 2.24) is 5.32 Å². The molecule has 0 aromatic heterocycles. The molecule has 0 aromatic rings. The number of rotatable bonds is 56. The number of aliphatic hydroxyl groups excluding tert-OH is 5. The van der Waals surface area contributed by atoms with Gasteiger partial charge in [0.25, 0.3) is 0 Å². The van der Waals surface area contributed by atoms with Crippen molar-refractivity contribution in [2.24, 2.45) is 0 Å². The Balaban J connectivity index is 2.57. The topological polar surface area (TPSA) is 175 Å². The molecule has 8 atom stereocenters. The molecule has 1 aliphatic heterocycles. The first-order chi connectivity index (χ1) is 37.2. The summed E-state index contributed by atoms with van der Waals surface area (Å²) in [6, 6.07) is -1.02. The van der Waals surface area contributed by atoms with Crippen molar-refractivity contribution in [1.29, 1.82) is 0 Å². The molecular formula is C65H123NO10. The Morgan fingerprint density at radius 1 is 0.500 bits per heavy atom. The first-order valence-electron chi connectivity index (χ1n) is 32.6. The number of amides is 1. The van der Waals surface area contributed by atoms with E-state index in [2.05, 4.69) is 38.2 Å². The van der Waals surface area contributed by atoms with Gasteiger partial charge >= 0.3 is 5.97 Å². The van der Waals surface area contributed by atoms with E-state index >= 15 is 0 Å². The van der Waals surface area contributed by atoms with Crippen LogP contribution in [0.1, 0.15) is 316 Å². The highest BCUT2D eigenvalue weighted by Gasteiger charge is 2.47. The van der Waals surface area contributed by atoms with Crippen LogP contribution in [-0.2, 0) is 23.8 Å². The molecule has 76 heavy (non-hydrogen) atoms. The van der Waals surface area contributed by atoms with Gasteiger partial charge < -0.3 is 45.1 Å². The van der Waals surface area contributed by atoms with Crippen molar-refractivity contribution in [2.45, 2.75) is 365 Å². The summed E-state index contributed by atoms with van der Waals surface area (Å²) < 4.78 is 17.6. The van der Waals surface area contributed by atoms with Gasteiger partial charge in [-0.05, 0) is 44.9 Å². The van der Waals surface area contributed by atoms with Crippen LogP contribution in [0.15, 0.2) is 24.3 Å². The van der Waals surface area contributed by atoms with E-state index in [9.17, 15) is 35.1 Å². The van der Waals surface area contributed by atoms with E-state index in [1.807, 2.05) is 6.08 Å². The van der Waals surface area contributed by atoms with Crippen LogP contribution in [0.2, 0.25) is 0 Å². The molecule has 8 unspecified atom stereocenters. The molecule has 0 bridgehead atoms. The molecule has 448 valence electrons. The molecule has 11 heteroatoms. The predicted octanol–water partition coefficient (Wildman–Crippen LogP) is 15.7. The lowest BCUT2D eigenvalue weighted by Crippen LogP contribution is -2.61. The van der Waals surface area contributed by atoms with E-state index in [0.29, 0.717) is 19.3 Å². The molecule has 0 radical (unpaired) electrons. The number of esters is 1. The number of nitrogens with one attached hydrogen (secondary N) is 1. The zero-order valence-electron chi connectivity index (χ0n) is 49.6. The van der Waals surface area contributed by atoms with Gasteiger partial charge in [0.2, 0.25) is 5.91 Å². The lowest BCUT2D eigenvalue weighted by atomic mass is 9.99. The maximum atomic E-state index is 13.4. The Labute approximate surface area is 467 Å². The minimum absolute atomic E-state index is 0.116. The van der Waals surface area contributed by atoms with Crippen LogP contribution in [-0.4, -0.2) is 99.6 Å². The third-order valence-electron chi connectivity index (χ3n) is 15.6. The van der Waals surface area contributed by atoms with Gasteiger partial charge in [-0.1, -0.05) is 289 Å². The van der Waals surface area contributed by atoms with E-state index in [0.717, 1.165) is 77.0 Å². The van der Waals surface area contributed by atoms with E-state index in [4.69, 9.17) is 14.2 Å². The molecule has 0 aromatic carbocycles. The lowest BCUT2D eigenvalue weighted by Gasteiger charge is -2.41. The molecular weight excluding hydrogens is 955 g/mol. The molecule has 11 nitrogen and oxygen atoms in total. The molecule has 1 aliphatic rings. The smallest absolute Gasteiger partial charge is 0.306 e. The fraction of sp³-hybridized carbons (Fsp3) is 0.908. The van der Waals surface area contributed by atoms with Crippen LogP contribution in [0, 0.1) is 0 Å². The van der Waals surface area contributed by atoms with Crippen molar-refractivity contribution in [3.63, 3.8) is 0 Å². The van der Waals surface area contributed by atoms with Crippen LogP contribution in [0.3, 0.4) is 0 Å². The summed E-state index contributed by atoms with van der Waals surface area (Å²) in [5.74, 6) is -1.19. The van der Waals surface area contributed by atoms with E-state index in [1.54, 1.807) is 6.08 Å². The summed E-state index contributed by atoms with van der Waals surface area (Å²) in [4.78, 5) is 26.5. The van der Waals surface area contributed by atoms with Crippen LogP contribution < -0.4 is 5.32 Å². The summed E-state index contributed by atoms with van der Waals surface area (Å²) in [6.45, 7) is 5.77. The molecule has 1 saturated heterocycles. The third kappa shape index (κ3) is 41.2. The summed E-state index contributed by atoms with van der Waals surface area (Å²) in [7, 11) is 0. The minimum Gasteiger partial charge on any atom is -0.454 e. The summed E-state index contributed by atoms with van der Waals surface area (Å²) in [6.07, 6.45) is 52.4. The molecule has 0 aliphatic carbocycles. The van der Waals surface area contributed by atoms with Crippen molar-refractivity contribution in [2.75, 3.05) is 13.2 Å². The lowest BCUT2D eigenvalue weighted by molar-refractivity contribution is -0.305. The highest BCUT2D eigenvalue weighted by Crippen LogP contribution is 2.26. The number of ether oxygens (including phenoxy) is 3. The highest BCUT2D eigenvalue weighted by molar-refractivity contribution is 5.80. The summed E-state index contributed by atoms with van der Waals surface area (Å²) >= 11 is 0. The number of carbonyl (C=O) groups excluding carboxylic acids is 2. The standard InChI is InChI=1S/C65H123NO10/c1-4-7-10-13-16-19-22-24-25-26-27-28-29-30-31-32-33-34-35-38-40-43-46-49-52-58(69)64(73)66-56(57(68)51-48-45-42-39-37-23-20-17-14-11-8-5-2)55-74-65-63(62(72)61(71)59(54-67)75-65)76-60(70)53-50-47-44-41-36-21-18-15-12-9-6-3/h15,18,48,51,56-59,61-63,65,67-69,71-72H,4-14,16-17,19-47,49-50,52-55H2,1-3H3,(H,66,73)/b18-15-,51-48+. The maximum absolute atomic E-state index is 13.4. The first-order valence-corrected chi connectivity index (χ1v) is 32.6. The minimum atomic E-state index is -1.61. The number of aliphatic hydroxyl groups is 5. The van der Waals surface area contributed by atoms with Crippen molar-refractivity contribution in [3.8, 4) is 0 Å². The van der Waals surface area contributed by atoms with Gasteiger partial charge in [0.15, 0.2) is 12.4 Å². The highest BCUT2D eigenvalue weighted by atomic mass is 16.7. The number of allylic oxidation sites excluding steroid dienone is 3. The van der Waals surface area contributed by atoms with Crippen LogP contribution in [0.5, 0.6) is 0 Å². The van der Waals surface area contributed by atoms with Crippen LogP contribution >= 0.6 is 0 Å². The van der Waals surface area contributed by atoms with Gasteiger partial charge in [0, 0.05) is 6.42 Å². The SMILES string of the molecule is CCCC/C=C\CCCCCCCC(=O)OC1C(OCC(NC(=O)C(O)CCCCCCCCCCCCCCCCCCCCCCCCCC)C(O)/C=C/CCCCCCCCCCCC)OC(CO)C(O)C1O. The molecule has 0 spiro atoms. The molecule has 1 fully saturated rings. The second-order valence-corrected chi connectivity index (χ2v) is 22.9. The Morgan fingerprint density at radius 3 is 1.32 bits per heavy atom. The average molecular weight is 1080 g/mol. The fourth-order valence-electron chi connectivity index (χ4n) is 10.4. The van der Waals surface area contributed by atoms with E-state index in [-0.39, 0.29) is 13.0 Å². The fourth-order valence-corrected chi connectivity index (χ4v) is 10.4. The normalized spacial score (nSPS) is 19.2. The van der Waals surface area contributed by atoms with Crippen molar-refractivity contribution in [3.05, 3.63) is 24.3 Å². The van der Waals surface area contributed by atoms with Crippen molar-refractivity contribution >= 4 is 11.9 Å². The monoisotopic (exact) mass is 1080 g/mol. The van der Waals surface area contributed by atoms with E-state index in [1.165, 1.54) is 193 Å². The number of hydrogen-bond donors (Lipinski definition) is 6. The summed E-state index contributed by atoms with van der Waals surface area (Å²) in [5.41, 5.74) is 0. The number of unbranched alkanes of at least 4 members (excludes halogenated alkanes) is 40. The van der Waals surface area contributed by atoms with Gasteiger partial charge in [-0.15, -0.1) is 0 Å². The van der Waals surface area contributed by atoms with Crippen molar-refractivity contribution < 1.29 is 49.3 Å². The molecule has 1 heterocycles. The van der Waals surface area contributed by atoms with E-state index < -0.39 is 67.4 Å². The molecule has 0 saturated carbocycles. The first kappa shape index (κ1) is 72.2. The zero-order chi connectivity index (χ0) is 55.4. The Kier molecular flexibility index (Phi) is 51.0. The maximum Gasteiger partial charge on any atom is 0.306 e.